The molecule has 5 rings (SSSR count). The first-order valence-electron chi connectivity index (χ1n) is 12.1. The van der Waals surface area contributed by atoms with Crippen LogP contribution in [0.1, 0.15) is 58.8 Å². The fourth-order valence-corrected chi connectivity index (χ4v) is 8.14. The standard InChI is InChI=1S/C27H36N2O2/c1-26-15-13-22-20(10-12-23-27(22,2)16-14-25(31)29(23)3)21(26)11-9-18(26)17-24(30)28-19-7-5-4-6-8-19/h4-8,14,16,18,20-23H,9-13,15,17H2,1-3H3,(H,28,30)/t18-,20+,21+,22+,23-,26-,27-/m1/s1. The maximum absolute atomic E-state index is 12.8. The van der Waals surface area contributed by atoms with Crippen LogP contribution in [0.15, 0.2) is 42.5 Å². The van der Waals surface area contributed by atoms with Crippen LogP contribution < -0.4 is 5.32 Å². The molecule has 0 unspecified atom stereocenters. The Bertz CT molecular complexity index is 896. The lowest BCUT2D eigenvalue weighted by atomic mass is 9.47. The summed E-state index contributed by atoms with van der Waals surface area (Å²) in [6.07, 6.45) is 11.9. The van der Waals surface area contributed by atoms with Crippen LogP contribution in [0.5, 0.6) is 0 Å². The molecule has 4 nitrogen and oxygen atoms in total. The summed E-state index contributed by atoms with van der Waals surface area (Å²) in [6, 6.07) is 10.2. The van der Waals surface area contributed by atoms with Crippen molar-refractivity contribution in [1.82, 2.24) is 4.90 Å². The number of benzene rings is 1. The number of carbonyl (C=O) groups is 2. The minimum atomic E-state index is 0.0929. The second-order valence-electron chi connectivity index (χ2n) is 11.1. The Morgan fingerprint density at radius 3 is 2.61 bits per heavy atom. The van der Waals surface area contributed by atoms with Crippen molar-refractivity contribution in [3.8, 4) is 0 Å². The molecule has 2 amide bonds. The monoisotopic (exact) mass is 420 g/mol. The highest BCUT2D eigenvalue weighted by molar-refractivity contribution is 5.91. The van der Waals surface area contributed by atoms with Crippen LogP contribution in [0, 0.1) is 34.5 Å². The van der Waals surface area contributed by atoms with Gasteiger partial charge >= 0.3 is 0 Å². The molecule has 0 aromatic heterocycles. The van der Waals surface area contributed by atoms with E-state index in [0.717, 1.165) is 12.1 Å². The molecule has 166 valence electrons. The number of rotatable bonds is 3. The molecule has 3 saturated carbocycles. The van der Waals surface area contributed by atoms with Gasteiger partial charge in [-0.05, 0) is 85.8 Å². The van der Waals surface area contributed by atoms with E-state index in [9.17, 15) is 9.59 Å². The Labute approximate surface area is 186 Å². The summed E-state index contributed by atoms with van der Waals surface area (Å²) in [5, 5.41) is 3.10. The van der Waals surface area contributed by atoms with Crippen molar-refractivity contribution < 1.29 is 9.59 Å². The van der Waals surface area contributed by atoms with Gasteiger partial charge in [-0.3, -0.25) is 9.59 Å². The lowest BCUT2D eigenvalue weighted by Gasteiger charge is -2.60. The SMILES string of the molecule is CN1C(=O)C=C[C@]2(C)[C@H]3CC[C@]4(C)[C@@H](CC(=O)Nc5ccccc5)CC[C@H]4[C@@H]3CC[C@@H]12. The van der Waals surface area contributed by atoms with E-state index in [1.165, 1.54) is 32.1 Å². The fourth-order valence-electron chi connectivity index (χ4n) is 8.14. The van der Waals surface area contributed by atoms with Crippen molar-refractivity contribution in [3.63, 3.8) is 0 Å². The van der Waals surface area contributed by atoms with E-state index in [2.05, 4.69) is 25.2 Å². The molecule has 7 atom stereocenters. The van der Waals surface area contributed by atoms with E-state index in [1.807, 2.05) is 48.4 Å². The minimum absolute atomic E-state index is 0.0929. The van der Waals surface area contributed by atoms with Gasteiger partial charge in [0, 0.05) is 30.6 Å². The average Bonchev–Trinajstić information content (AvgIpc) is 3.08. The zero-order valence-corrected chi connectivity index (χ0v) is 19.1. The number of likely N-dealkylation sites (N-methyl/N-ethyl adjacent to an activating group) is 1. The number of nitrogens with zero attached hydrogens (tertiary/aromatic N) is 1. The molecule has 1 N–H and O–H groups in total. The molecule has 0 radical (unpaired) electrons. The normalized spacial score (nSPS) is 41.3. The number of para-hydroxylation sites is 1. The highest BCUT2D eigenvalue weighted by Crippen LogP contribution is 2.65. The van der Waals surface area contributed by atoms with Gasteiger partial charge in [0.15, 0.2) is 0 Å². The van der Waals surface area contributed by atoms with Crippen LogP contribution in [0.4, 0.5) is 5.69 Å². The molecule has 4 aliphatic rings. The van der Waals surface area contributed by atoms with Crippen molar-refractivity contribution >= 4 is 17.5 Å². The third-order valence-corrected chi connectivity index (χ3v) is 9.81. The van der Waals surface area contributed by atoms with Gasteiger partial charge in [-0.25, -0.2) is 0 Å². The van der Waals surface area contributed by atoms with E-state index in [-0.39, 0.29) is 22.6 Å². The predicted octanol–water partition coefficient (Wildman–Crippen LogP) is 5.27. The molecule has 4 heteroatoms. The smallest absolute Gasteiger partial charge is 0.246 e. The van der Waals surface area contributed by atoms with E-state index in [0.29, 0.717) is 36.1 Å². The maximum Gasteiger partial charge on any atom is 0.246 e. The Hall–Kier alpha value is -2.10. The van der Waals surface area contributed by atoms with E-state index in [4.69, 9.17) is 0 Å². The predicted molar refractivity (Wildman–Crippen MR) is 123 cm³/mol. The second kappa shape index (κ2) is 7.50. The molecule has 0 saturated heterocycles. The molecule has 1 aliphatic heterocycles. The molecular formula is C27H36N2O2. The van der Waals surface area contributed by atoms with Gasteiger partial charge in [-0.2, -0.15) is 0 Å². The lowest BCUT2D eigenvalue weighted by molar-refractivity contribution is -0.139. The van der Waals surface area contributed by atoms with Crippen LogP contribution in [0.3, 0.4) is 0 Å². The second-order valence-corrected chi connectivity index (χ2v) is 11.1. The first-order chi connectivity index (χ1) is 14.8. The van der Waals surface area contributed by atoms with Crippen molar-refractivity contribution in [2.24, 2.45) is 34.5 Å². The number of hydrogen-bond acceptors (Lipinski definition) is 2. The Morgan fingerprint density at radius 2 is 1.84 bits per heavy atom. The number of hydrogen-bond donors (Lipinski definition) is 1. The first-order valence-corrected chi connectivity index (χ1v) is 12.1. The molecule has 0 spiro atoms. The first kappa shape index (κ1) is 20.8. The number of fused-ring (bicyclic) bond motifs is 5. The number of anilines is 1. The third kappa shape index (κ3) is 3.25. The van der Waals surface area contributed by atoms with Crippen molar-refractivity contribution in [2.45, 2.75) is 64.8 Å². The Kier molecular flexibility index (Phi) is 5.02. The summed E-state index contributed by atoms with van der Waals surface area (Å²) < 4.78 is 0. The summed E-state index contributed by atoms with van der Waals surface area (Å²) in [5.41, 5.74) is 1.25. The van der Waals surface area contributed by atoms with Gasteiger partial charge in [-0.15, -0.1) is 0 Å². The van der Waals surface area contributed by atoms with Crippen molar-refractivity contribution in [3.05, 3.63) is 42.5 Å². The van der Waals surface area contributed by atoms with Gasteiger partial charge in [0.05, 0.1) is 0 Å². The topological polar surface area (TPSA) is 49.4 Å². The zero-order chi connectivity index (χ0) is 21.8. The quantitative estimate of drug-likeness (QED) is 0.724. The Balaban J connectivity index is 1.32. The van der Waals surface area contributed by atoms with E-state index in [1.54, 1.807) is 0 Å². The largest absolute Gasteiger partial charge is 0.338 e. The summed E-state index contributed by atoms with van der Waals surface area (Å²) in [4.78, 5) is 27.1. The summed E-state index contributed by atoms with van der Waals surface area (Å²) in [5.74, 6) is 2.85. The van der Waals surface area contributed by atoms with Gasteiger partial charge in [-0.1, -0.05) is 38.1 Å². The molecule has 1 aromatic rings. The van der Waals surface area contributed by atoms with Crippen molar-refractivity contribution in [2.75, 3.05) is 12.4 Å². The van der Waals surface area contributed by atoms with Crippen LogP contribution in [0.2, 0.25) is 0 Å². The highest BCUT2D eigenvalue weighted by atomic mass is 16.2. The van der Waals surface area contributed by atoms with Gasteiger partial charge < -0.3 is 10.2 Å². The van der Waals surface area contributed by atoms with Crippen LogP contribution in [-0.4, -0.2) is 29.8 Å². The molecule has 3 fully saturated rings. The number of carbonyl (C=O) groups excluding carboxylic acids is 2. The van der Waals surface area contributed by atoms with Crippen LogP contribution in [0.25, 0.3) is 0 Å². The summed E-state index contributed by atoms with van der Waals surface area (Å²) in [6.45, 7) is 4.87. The van der Waals surface area contributed by atoms with Crippen LogP contribution >= 0.6 is 0 Å². The zero-order valence-electron chi connectivity index (χ0n) is 19.1. The third-order valence-electron chi connectivity index (χ3n) is 9.81. The maximum atomic E-state index is 12.8. The summed E-state index contributed by atoms with van der Waals surface area (Å²) in [7, 11) is 1.99. The Morgan fingerprint density at radius 1 is 1.06 bits per heavy atom. The van der Waals surface area contributed by atoms with Crippen LogP contribution in [-0.2, 0) is 9.59 Å². The molecule has 3 aliphatic carbocycles. The highest BCUT2D eigenvalue weighted by Gasteiger charge is 2.60. The molecule has 31 heavy (non-hydrogen) atoms. The van der Waals surface area contributed by atoms with E-state index < -0.39 is 0 Å². The van der Waals surface area contributed by atoms with Gasteiger partial charge in [0.25, 0.3) is 0 Å². The fraction of sp³-hybridized carbons (Fsp3) is 0.630. The molecule has 1 heterocycles. The minimum Gasteiger partial charge on any atom is -0.338 e. The van der Waals surface area contributed by atoms with Crippen molar-refractivity contribution in [1.29, 1.82) is 0 Å². The van der Waals surface area contributed by atoms with E-state index >= 15 is 0 Å². The molecular weight excluding hydrogens is 384 g/mol. The average molecular weight is 421 g/mol. The summed E-state index contributed by atoms with van der Waals surface area (Å²) >= 11 is 0. The molecule has 0 bridgehead atoms. The number of nitrogens with one attached hydrogen (secondary N) is 1. The molecule has 1 aromatic carbocycles. The lowest BCUT2D eigenvalue weighted by Crippen LogP contribution is -2.59. The number of amides is 2. The van der Waals surface area contributed by atoms with Gasteiger partial charge in [0.1, 0.15) is 0 Å². The van der Waals surface area contributed by atoms with Gasteiger partial charge in [0.2, 0.25) is 11.8 Å².